The quantitative estimate of drug-likeness (QED) is 0.684. The molecule has 3 N–H and O–H groups in total. The van der Waals surface area contributed by atoms with Gasteiger partial charge in [0.2, 0.25) is 0 Å². The number of aryl methyl sites for hydroxylation is 1. The van der Waals surface area contributed by atoms with Crippen LogP contribution in [-0.2, 0) is 13.6 Å². The molecule has 0 aromatic carbocycles. The van der Waals surface area contributed by atoms with Gasteiger partial charge in [-0.25, -0.2) is 4.79 Å². The highest BCUT2D eigenvalue weighted by molar-refractivity contribution is 5.92. The van der Waals surface area contributed by atoms with Crippen molar-refractivity contribution < 1.29 is 4.79 Å². The van der Waals surface area contributed by atoms with Crippen molar-refractivity contribution in [3.05, 3.63) is 48.0 Å². The Labute approximate surface area is 132 Å². The fourth-order valence-electron chi connectivity index (χ4n) is 2.15. The number of pyridine rings is 1. The SMILES string of the molecule is Cc1c(CNC(=O)Nc2cn[nH]c2-c2ccccn2)cnn1C. The summed E-state index contributed by atoms with van der Waals surface area (Å²) in [6, 6.07) is 5.23. The highest BCUT2D eigenvalue weighted by Gasteiger charge is 2.12. The van der Waals surface area contributed by atoms with Gasteiger partial charge in [0.1, 0.15) is 5.69 Å². The molecule has 0 aliphatic rings. The lowest BCUT2D eigenvalue weighted by molar-refractivity contribution is 0.251. The summed E-state index contributed by atoms with van der Waals surface area (Å²) in [7, 11) is 1.86. The van der Waals surface area contributed by atoms with Crippen LogP contribution in [0.4, 0.5) is 10.5 Å². The number of anilines is 1. The number of nitrogens with one attached hydrogen (secondary N) is 3. The highest BCUT2D eigenvalue weighted by Crippen LogP contribution is 2.22. The molecule has 3 heterocycles. The molecule has 3 aromatic heterocycles. The fourth-order valence-corrected chi connectivity index (χ4v) is 2.15. The topological polar surface area (TPSA) is 101 Å². The first-order chi connectivity index (χ1) is 11.1. The van der Waals surface area contributed by atoms with Crippen LogP contribution in [0, 0.1) is 6.92 Å². The van der Waals surface area contributed by atoms with Crippen LogP contribution < -0.4 is 10.6 Å². The third-order valence-corrected chi connectivity index (χ3v) is 3.58. The molecular weight excluding hydrogens is 294 g/mol. The molecular formula is C15H17N7O. The van der Waals surface area contributed by atoms with Gasteiger partial charge in [-0.05, 0) is 19.1 Å². The lowest BCUT2D eigenvalue weighted by atomic mass is 10.2. The summed E-state index contributed by atoms with van der Waals surface area (Å²) in [5, 5.41) is 16.5. The molecule has 8 heteroatoms. The highest BCUT2D eigenvalue weighted by atomic mass is 16.2. The zero-order valence-corrected chi connectivity index (χ0v) is 12.9. The van der Waals surface area contributed by atoms with Crippen molar-refractivity contribution in [1.29, 1.82) is 0 Å². The van der Waals surface area contributed by atoms with Crippen LogP contribution >= 0.6 is 0 Å². The third kappa shape index (κ3) is 3.20. The van der Waals surface area contributed by atoms with Gasteiger partial charge in [0.25, 0.3) is 0 Å². The van der Waals surface area contributed by atoms with Gasteiger partial charge in [-0.3, -0.25) is 14.8 Å². The van der Waals surface area contributed by atoms with Gasteiger partial charge in [0.15, 0.2) is 0 Å². The normalized spacial score (nSPS) is 10.5. The molecule has 0 radical (unpaired) electrons. The van der Waals surface area contributed by atoms with Gasteiger partial charge in [0.05, 0.1) is 23.8 Å². The van der Waals surface area contributed by atoms with Crippen molar-refractivity contribution in [3.8, 4) is 11.4 Å². The van der Waals surface area contributed by atoms with Gasteiger partial charge < -0.3 is 10.6 Å². The van der Waals surface area contributed by atoms with E-state index in [9.17, 15) is 4.79 Å². The summed E-state index contributed by atoms with van der Waals surface area (Å²) in [5.41, 5.74) is 3.94. The number of aromatic nitrogens is 5. The first kappa shape index (κ1) is 14.8. The largest absolute Gasteiger partial charge is 0.334 e. The molecule has 0 atom stereocenters. The number of rotatable bonds is 4. The lowest BCUT2D eigenvalue weighted by Crippen LogP contribution is -2.28. The molecule has 0 aliphatic heterocycles. The summed E-state index contributed by atoms with van der Waals surface area (Å²) in [6.07, 6.45) is 4.98. The number of nitrogens with zero attached hydrogens (tertiary/aromatic N) is 4. The first-order valence-corrected chi connectivity index (χ1v) is 7.12. The van der Waals surface area contributed by atoms with Crippen molar-refractivity contribution in [2.75, 3.05) is 5.32 Å². The van der Waals surface area contributed by atoms with Gasteiger partial charge in [0, 0.05) is 31.0 Å². The van der Waals surface area contributed by atoms with Crippen LogP contribution in [0.15, 0.2) is 36.8 Å². The van der Waals surface area contributed by atoms with Gasteiger partial charge in [-0.1, -0.05) is 6.07 Å². The molecule has 0 unspecified atom stereocenters. The number of H-pyrrole nitrogens is 1. The monoisotopic (exact) mass is 311 g/mol. The Hall–Kier alpha value is -3.16. The maximum Gasteiger partial charge on any atom is 0.319 e. The minimum Gasteiger partial charge on any atom is -0.334 e. The second-order valence-electron chi connectivity index (χ2n) is 5.06. The second kappa shape index (κ2) is 6.30. The van der Waals surface area contributed by atoms with E-state index in [0.29, 0.717) is 23.6 Å². The number of hydrogen-bond acceptors (Lipinski definition) is 4. The Morgan fingerprint density at radius 1 is 1.35 bits per heavy atom. The van der Waals surface area contributed by atoms with Crippen LogP contribution in [0.3, 0.4) is 0 Å². The van der Waals surface area contributed by atoms with E-state index in [0.717, 1.165) is 11.3 Å². The van der Waals surface area contributed by atoms with Gasteiger partial charge >= 0.3 is 6.03 Å². The predicted molar refractivity (Wildman–Crippen MR) is 85.6 cm³/mol. The molecule has 0 bridgehead atoms. The molecule has 8 nitrogen and oxygen atoms in total. The third-order valence-electron chi connectivity index (χ3n) is 3.58. The Morgan fingerprint density at radius 3 is 2.91 bits per heavy atom. The molecule has 23 heavy (non-hydrogen) atoms. The van der Waals surface area contributed by atoms with E-state index in [1.54, 1.807) is 23.3 Å². The van der Waals surface area contributed by atoms with Crippen LogP contribution in [0.2, 0.25) is 0 Å². The average molecular weight is 311 g/mol. The minimum absolute atomic E-state index is 0.313. The molecule has 0 aliphatic carbocycles. The number of amides is 2. The number of carbonyl (C=O) groups is 1. The summed E-state index contributed by atoms with van der Waals surface area (Å²) in [5.74, 6) is 0. The van der Waals surface area contributed by atoms with Gasteiger partial charge in [-0.2, -0.15) is 10.2 Å². The standard InChI is InChI=1S/C15H17N7O/c1-10-11(8-19-22(10)2)7-17-15(23)20-13-9-18-21-14(13)12-5-3-4-6-16-12/h3-6,8-9H,7H2,1-2H3,(H,18,21)(H2,17,20,23). The summed E-state index contributed by atoms with van der Waals surface area (Å²) < 4.78 is 1.77. The zero-order valence-electron chi connectivity index (χ0n) is 12.9. The van der Waals surface area contributed by atoms with E-state index in [1.807, 2.05) is 32.2 Å². The van der Waals surface area contributed by atoms with Crippen molar-refractivity contribution in [2.24, 2.45) is 7.05 Å². The zero-order chi connectivity index (χ0) is 16.2. The fraction of sp³-hybridized carbons (Fsp3) is 0.200. The molecule has 2 amide bonds. The molecule has 0 spiro atoms. The Balaban J connectivity index is 1.65. The average Bonchev–Trinajstić information content (AvgIpc) is 3.14. The number of carbonyl (C=O) groups excluding carboxylic acids is 1. The molecule has 0 fully saturated rings. The van der Waals surface area contributed by atoms with Crippen molar-refractivity contribution in [3.63, 3.8) is 0 Å². The Bertz CT molecular complexity index is 806. The second-order valence-corrected chi connectivity index (χ2v) is 5.06. The predicted octanol–water partition coefficient (Wildman–Crippen LogP) is 1.84. The first-order valence-electron chi connectivity index (χ1n) is 7.12. The summed E-state index contributed by atoms with van der Waals surface area (Å²) in [6.45, 7) is 2.36. The maximum atomic E-state index is 12.1. The van der Waals surface area contributed by atoms with E-state index in [2.05, 4.69) is 30.9 Å². The summed E-state index contributed by atoms with van der Waals surface area (Å²) in [4.78, 5) is 16.3. The van der Waals surface area contributed by atoms with E-state index in [-0.39, 0.29) is 6.03 Å². The number of aromatic amines is 1. The minimum atomic E-state index is -0.313. The van der Waals surface area contributed by atoms with Crippen molar-refractivity contribution in [1.82, 2.24) is 30.3 Å². The van der Waals surface area contributed by atoms with E-state index >= 15 is 0 Å². The molecule has 3 aromatic rings. The molecule has 118 valence electrons. The lowest BCUT2D eigenvalue weighted by Gasteiger charge is -2.07. The van der Waals surface area contributed by atoms with Crippen molar-refractivity contribution in [2.45, 2.75) is 13.5 Å². The van der Waals surface area contributed by atoms with Gasteiger partial charge in [-0.15, -0.1) is 0 Å². The van der Waals surface area contributed by atoms with E-state index in [1.165, 1.54) is 0 Å². The molecule has 3 rings (SSSR count). The van der Waals surface area contributed by atoms with E-state index < -0.39 is 0 Å². The van der Waals surface area contributed by atoms with Crippen LogP contribution in [0.5, 0.6) is 0 Å². The van der Waals surface area contributed by atoms with Crippen molar-refractivity contribution >= 4 is 11.7 Å². The Kier molecular flexibility index (Phi) is 4.05. The molecule has 0 saturated carbocycles. The van der Waals surface area contributed by atoms with E-state index in [4.69, 9.17) is 0 Å². The maximum absolute atomic E-state index is 12.1. The number of urea groups is 1. The number of hydrogen-bond donors (Lipinski definition) is 3. The summed E-state index contributed by atoms with van der Waals surface area (Å²) >= 11 is 0. The van der Waals surface area contributed by atoms with Crippen LogP contribution in [0.1, 0.15) is 11.3 Å². The molecule has 0 saturated heterocycles. The Morgan fingerprint density at radius 2 is 2.22 bits per heavy atom. The smallest absolute Gasteiger partial charge is 0.319 e. The van der Waals surface area contributed by atoms with Crippen LogP contribution in [-0.4, -0.2) is 31.0 Å². The van der Waals surface area contributed by atoms with Crippen LogP contribution in [0.25, 0.3) is 11.4 Å².